The maximum atomic E-state index is 14.2. The highest BCUT2D eigenvalue weighted by molar-refractivity contribution is 8.77. The van der Waals surface area contributed by atoms with Gasteiger partial charge >= 0.3 is 0 Å². The molecule has 0 bridgehead atoms. The van der Waals surface area contributed by atoms with E-state index < -0.39 is 0 Å². The Balaban J connectivity index is 0.917. The molecule has 5 aromatic rings. The predicted octanol–water partition coefficient (Wildman–Crippen LogP) is 11.0. The lowest BCUT2D eigenvalue weighted by atomic mass is 9.99. The number of carbonyl (C=O) groups is 4. The van der Waals surface area contributed by atoms with Crippen molar-refractivity contribution in [1.82, 2.24) is 0 Å². The van der Waals surface area contributed by atoms with E-state index in [0.717, 1.165) is 77.2 Å². The lowest BCUT2D eigenvalue weighted by Gasteiger charge is -2.25. The van der Waals surface area contributed by atoms with E-state index in [1.54, 1.807) is 34.9 Å². The molecule has 3 amide bonds. The van der Waals surface area contributed by atoms with Crippen LogP contribution in [0, 0.1) is 6.92 Å². The van der Waals surface area contributed by atoms with Crippen molar-refractivity contribution in [2.75, 3.05) is 53.0 Å². The van der Waals surface area contributed by atoms with E-state index in [9.17, 15) is 19.2 Å². The van der Waals surface area contributed by atoms with E-state index in [1.165, 1.54) is 11.1 Å². The molecule has 2 atom stereocenters. The van der Waals surface area contributed by atoms with Crippen molar-refractivity contribution in [2.24, 2.45) is 4.99 Å². The lowest BCUT2D eigenvalue weighted by Crippen LogP contribution is -2.41. The molecule has 0 aliphatic carbocycles. The van der Waals surface area contributed by atoms with E-state index in [1.807, 2.05) is 110 Å². The number of ketones is 1. The van der Waals surface area contributed by atoms with Crippen molar-refractivity contribution in [3.63, 3.8) is 0 Å². The summed E-state index contributed by atoms with van der Waals surface area (Å²) in [5.41, 5.74) is 10.5. The summed E-state index contributed by atoms with van der Waals surface area (Å²) in [6, 6.07) is 30.0. The highest BCUT2D eigenvalue weighted by Gasteiger charge is 2.40. The second-order valence-corrected chi connectivity index (χ2v) is 22.7. The van der Waals surface area contributed by atoms with Gasteiger partial charge in [0.2, 0.25) is 5.91 Å². The van der Waals surface area contributed by atoms with Gasteiger partial charge in [0.05, 0.1) is 30.9 Å². The largest absolute Gasteiger partial charge is 0.493 e. The summed E-state index contributed by atoms with van der Waals surface area (Å²) in [4.78, 5) is 64.2. The Hall–Kier alpha value is -6.25. The summed E-state index contributed by atoms with van der Waals surface area (Å²) < 4.78 is 18.8. The third kappa shape index (κ3) is 11.1. The number of anilines is 4. The first-order valence-corrected chi connectivity index (χ1v) is 27.0. The molecular weight excluding hydrogens is 931 g/mol. The Morgan fingerprint density at radius 3 is 2.15 bits per heavy atom. The second kappa shape index (κ2) is 21.6. The van der Waals surface area contributed by atoms with Crippen LogP contribution in [-0.2, 0) is 42.1 Å². The summed E-state index contributed by atoms with van der Waals surface area (Å²) in [6.07, 6.45) is 7.15. The zero-order valence-corrected chi connectivity index (χ0v) is 43.2. The Bertz CT molecular complexity index is 2880. The lowest BCUT2D eigenvalue weighted by molar-refractivity contribution is -0.118. The van der Waals surface area contributed by atoms with Crippen LogP contribution in [-0.4, -0.2) is 79.5 Å². The topological polar surface area (TPSA) is 130 Å². The quantitative estimate of drug-likeness (QED) is 0.0485. The number of aliphatic imine (C=N–C) groups is 1. The zero-order chi connectivity index (χ0) is 49.8. The molecule has 0 fully saturated rings. The van der Waals surface area contributed by atoms with Gasteiger partial charge in [-0.05, 0) is 154 Å². The smallest absolute Gasteiger partial charge is 0.260 e. The van der Waals surface area contributed by atoms with E-state index in [2.05, 4.69) is 41.2 Å². The summed E-state index contributed by atoms with van der Waals surface area (Å²) >= 11 is 0. The Kier molecular flexibility index (Phi) is 15.1. The Morgan fingerprint density at radius 2 is 1.45 bits per heavy atom. The van der Waals surface area contributed by atoms with Gasteiger partial charge in [0.15, 0.2) is 17.3 Å². The fraction of sp³-hybridized carbons (Fsp3) is 0.386. The maximum absolute atomic E-state index is 14.2. The van der Waals surface area contributed by atoms with Crippen LogP contribution >= 0.6 is 21.6 Å². The third-order valence-electron chi connectivity index (χ3n) is 13.9. The van der Waals surface area contributed by atoms with E-state index in [4.69, 9.17) is 14.2 Å². The van der Waals surface area contributed by atoms with Gasteiger partial charge in [-0.3, -0.25) is 24.2 Å². The summed E-state index contributed by atoms with van der Waals surface area (Å²) in [5, 5.41) is 3.16. The van der Waals surface area contributed by atoms with E-state index >= 15 is 0 Å². The Morgan fingerprint density at radius 1 is 0.789 bits per heavy atom. The van der Waals surface area contributed by atoms with Gasteiger partial charge < -0.3 is 34.2 Å². The first kappa shape index (κ1) is 49.7. The van der Waals surface area contributed by atoms with Gasteiger partial charge in [-0.25, -0.2) is 0 Å². The van der Waals surface area contributed by atoms with Gasteiger partial charge in [0, 0.05) is 71.7 Å². The normalized spacial score (nSPS) is 16.9. The van der Waals surface area contributed by atoms with E-state index in [-0.39, 0.29) is 60.1 Å². The maximum Gasteiger partial charge on any atom is 0.260 e. The van der Waals surface area contributed by atoms with Crippen LogP contribution < -0.4 is 34.2 Å². The molecule has 4 heterocycles. The number of likely N-dealkylation sites (N-methyl/N-ethyl adjacent to an activating group) is 1. The van der Waals surface area contributed by atoms with Crippen LogP contribution in [0.15, 0.2) is 96.0 Å². The first-order chi connectivity index (χ1) is 34.3. The van der Waals surface area contributed by atoms with Crippen molar-refractivity contribution in [3.05, 3.63) is 136 Å². The number of benzene rings is 5. The summed E-state index contributed by atoms with van der Waals surface area (Å²) in [5.74, 6) is 2.53. The van der Waals surface area contributed by atoms with Crippen molar-refractivity contribution in [2.45, 2.75) is 109 Å². The van der Waals surface area contributed by atoms with E-state index in [0.29, 0.717) is 59.9 Å². The fourth-order valence-corrected chi connectivity index (χ4v) is 12.9. The second-order valence-electron chi connectivity index (χ2n) is 19.6. The molecule has 4 aliphatic heterocycles. The highest BCUT2D eigenvalue weighted by atomic mass is 33.1. The van der Waals surface area contributed by atoms with Gasteiger partial charge in [0.25, 0.3) is 11.8 Å². The third-order valence-corrected chi connectivity index (χ3v) is 17.3. The van der Waals surface area contributed by atoms with Crippen LogP contribution in [0.2, 0.25) is 0 Å². The molecule has 4 aliphatic rings. The standard InChI is InChI=1S/C57H63N5O7S2/c1-7-58-32-45(63)15-12-22-70-71-57(3,4)21-20-54(64)59-42-25-37(34-68-51-31-50-47(23-36(51)2)56(66)62-44(33-60(50)5)28-41-14-9-11-17-49(41)62)24-38(26-42)35-69-53-29-39-18-19-43-27-40-13-8-10-16-48(40)61(43)55(65)46(39)30-52(53)67-6/h7-11,13-14,16-17,23-26,29-31,43-44H,12,15,18-22,27-28,32-35H2,1-6H3,(H,59,64)/t43-,44+/m1/s1. The molecule has 14 heteroatoms. The molecule has 1 N–H and O–H groups in total. The average molecular weight is 994 g/mol. The predicted molar refractivity (Wildman–Crippen MR) is 288 cm³/mol. The van der Waals surface area contributed by atoms with Gasteiger partial charge in [-0.2, -0.15) is 0 Å². The number of hydrogen-bond acceptors (Lipinski definition) is 11. The molecular formula is C57H63N5O7S2. The molecule has 370 valence electrons. The summed E-state index contributed by atoms with van der Waals surface area (Å²) in [7, 11) is 7.10. The molecule has 0 radical (unpaired) electrons. The van der Waals surface area contributed by atoms with Crippen molar-refractivity contribution in [3.8, 4) is 17.2 Å². The number of fused-ring (bicyclic) bond motifs is 8. The van der Waals surface area contributed by atoms with Gasteiger partial charge in [-0.15, -0.1) is 0 Å². The summed E-state index contributed by atoms with van der Waals surface area (Å²) in [6.45, 7) is 9.34. The molecule has 0 unspecified atom stereocenters. The average Bonchev–Trinajstić information content (AvgIpc) is 3.86. The number of para-hydroxylation sites is 2. The van der Waals surface area contributed by atoms with Crippen LogP contribution in [0.25, 0.3) is 0 Å². The number of carbonyl (C=O) groups excluding carboxylic acids is 4. The molecule has 9 rings (SSSR count). The van der Waals surface area contributed by atoms with Crippen LogP contribution in [0.4, 0.5) is 22.7 Å². The van der Waals surface area contributed by atoms with Crippen LogP contribution in [0.5, 0.6) is 17.2 Å². The van der Waals surface area contributed by atoms with Gasteiger partial charge in [-0.1, -0.05) is 58.0 Å². The number of Topliss-reactive ketones (excluding diaryl/α,β-unsaturated/α-hetero) is 1. The molecule has 0 saturated carbocycles. The monoisotopic (exact) mass is 993 g/mol. The van der Waals surface area contributed by atoms with Crippen LogP contribution in [0.3, 0.4) is 0 Å². The zero-order valence-electron chi connectivity index (χ0n) is 41.5. The molecule has 71 heavy (non-hydrogen) atoms. The minimum absolute atomic E-state index is 0.00606. The number of amides is 3. The number of hydrogen-bond donors (Lipinski definition) is 1. The number of aryl methyl sites for hydroxylation is 2. The molecule has 5 aromatic carbocycles. The number of nitrogens with zero attached hydrogens (tertiary/aromatic N) is 4. The molecule has 12 nitrogen and oxygen atoms in total. The number of rotatable bonds is 19. The SMILES string of the molecule is CC=NCC(=O)CCCSSC(C)(C)CCC(=O)Nc1cc(COc2cc3c(cc2C)C(=O)N2c4ccccc4C[C@H]2CN3C)cc(COc2cc3c(cc2OC)C(=O)N2c4ccccc4C[C@H]2CC3)c1. The first-order valence-electron chi connectivity index (χ1n) is 24.6. The number of ether oxygens (including phenoxy) is 3. The minimum Gasteiger partial charge on any atom is -0.493 e. The molecule has 0 aromatic heterocycles. The van der Waals surface area contributed by atoms with Crippen molar-refractivity contribution < 1.29 is 33.4 Å². The minimum atomic E-state index is -0.170. The fourth-order valence-electron chi connectivity index (χ4n) is 10.2. The molecule has 0 saturated heterocycles. The number of methoxy groups -OCH3 is 1. The Labute approximate surface area is 425 Å². The van der Waals surface area contributed by atoms with Gasteiger partial charge in [0.1, 0.15) is 19.0 Å². The van der Waals surface area contributed by atoms with Crippen LogP contribution in [0.1, 0.15) is 107 Å². The molecule has 0 spiro atoms. The van der Waals surface area contributed by atoms with Crippen molar-refractivity contribution in [1.29, 1.82) is 0 Å². The van der Waals surface area contributed by atoms with Crippen molar-refractivity contribution >= 4 is 74.1 Å². The highest BCUT2D eigenvalue weighted by Crippen LogP contribution is 2.43. The number of nitrogens with one attached hydrogen (secondary N) is 1.